The molecule has 1 aliphatic rings. The number of phenolic OH excluding ortho intramolecular Hbond substituents is 1. The third-order valence-electron chi connectivity index (χ3n) is 4.48. The average Bonchev–Trinajstić information content (AvgIpc) is 3.02. The van der Waals surface area contributed by atoms with E-state index in [-0.39, 0.29) is 30.5 Å². The third kappa shape index (κ3) is 4.17. The number of rotatable bonds is 5. The molecule has 1 saturated heterocycles. The van der Waals surface area contributed by atoms with Crippen LogP contribution >= 0.6 is 0 Å². The predicted octanol–water partition coefficient (Wildman–Crippen LogP) is 1.02. The molecule has 7 heteroatoms. The van der Waals surface area contributed by atoms with Crippen molar-refractivity contribution in [1.29, 1.82) is 0 Å². The number of aromatic nitrogens is 2. The topological polar surface area (TPSA) is 101 Å². The number of aromatic hydroxyl groups is 1. The Balaban J connectivity index is 1.68. The van der Waals surface area contributed by atoms with Gasteiger partial charge in [0, 0.05) is 31.4 Å². The van der Waals surface area contributed by atoms with E-state index in [1.54, 1.807) is 35.2 Å². The van der Waals surface area contributed by atoms with E-state index >= 15 is 0 Å². The minimum Gasteiger partial charge on any atom is -0.508 e. The molecule has 3 N–H and O–H groups in total. The smallest absolute Gasteiger partial charge is 0.237 e. The summed E-state index contributed by atoms with van der Waals surface area (Å²) in [6.07, 6.45) is 5.47. The van der Waals surface area contributed by atoms with E-state index in [2.05, 4.69) is 4.98 Å². The van der Waals surface area contributed by atoms with Crippen LogP contribution in [0.3, 0.4) is 0 Å². The van der Waals surface area contributed by atoms with Crippen LogP contribution in [0.2, 0.25) is 0 Å². The Morgan fingerprint density at radius 2 is 2.20 bits per heavy atom. The van der Waals surface area contributed by atoms with Crippen molar-refractivity contribution in [3.63, 3.8) is 0 Å². The van der Waals surface area contributed by atoms with Crippen molar-refractivity contribution >= 4 is 11.8 Å². The minimum atomic E-state index is -0.410. The molecule has 0 radical (unpaired) electrons. The predicted molar refractivity (Wildman–Crippen MR) is 91.8 cm³/mol. The maximum Gasteiger partial charge on any atom is 0.237 e. The van der Waals surface area contributed by atoms with E-state index in [9.17, 15) is 14.7 Å². The highest BCUT2D eigenvalue weighted by Crippen LogP contribution is 2.26. The van der Waals surface area contributed by atoms with Crippen LogP contribution in [-0.2, 0) is 22.6 Å². The summed E-state index contributed by atoms with van der Waals surface area (Å²) in [5, 5.41) is 9.53. The minimum absolute atomic E-state index is 0.0308. The second-order valence-corrected chi connectivity index (χ2v) is 6.41. The van der Waals surface area contributed by atoms with Crippen LogP contribution < -0.4 is 5.73 Å². The van der Waals surface area contributed by atoms with Crippen molar-refractivity contribution in [3.8, 4) is 5.75 Å². The number of carbonyl (C=O) groups is 2. The van der Waals surface area contributed by atoms with E-state index in [0.29, 0.717) is 13.1 Å². The van der Waals surface area contributed by atoms with Gasteiger partial charge in [-0.1, -0.05) is 12.1 Å². The summed E-state index contributed by atoms with van der Waals surface area (Å²) in [6.45, 7) is 1.39. The fraction of sp³-hybridized carbons (Fsp3) is 0.389. The number of hydrogen-bond acceptors (Lipinski definition) is 4. The van der Waals surface area contributed by atoms with Crippen LogP contribution in [0.25, 0.3) is 0 Å². The molecule has 0 unspecified atom stereocenters. The molecule has 7 nitrogen and oxygen atoms in total. The molecule has 1 aliphatic heterocycles. The maximum atomic E-state index is 12.6. The van der Waals surface area contributed by atoms with Crippen LogP contribution in [0, 0.1) is 0 Å². The highest BCUT2D eigenvalue weighted by atomic mass is 16.3. The second-order valence-electron chi connectivity index (χ2n) is 6.41. The fourth-order valence-corrected chi connectivity index (χ4v) is 3.35. The molecule has 1 atom stereocenters. The van der Waals surface area contributed by atoms with Crippen molar-refractivity contribution < 1.29 is 14.7 Å². The Bertz CT molecular complexity index is 771. The normalized spacial score (nSPS) is 17.4. The first-order chi connectivity index (χ1) is 12.0. The summed E-state index contributed by atoms with van der Waals surface area (Å²) in [6, 6.07) is 6.76. The van der Waals surface area contributed by atoms with Crippen LogP contribution in [0.15, 0.2) is 36.7 Å². The molecular formula is C18H22N4O3. The van der Waals surface area contributed by atoms with Crippen molar-refractivity contribution in [2.75, 3.05) is 13.1 Å². The van der Waals surface area contributed by atoms with Gasteiger partial charge in [-0.2, -0.15) is 0 Å². The molecule has 2 aromatic rings. The lowest BCUT2D eigenvalue weighted by molar-refractivity contribution is -0.131. The van der Waals surface area contributed by atoms with Crippen molar-refractivity contribution in [1.82, 2.24) is 14.5 Å². The standard InChI is InChI=1S/C18H22N4O3/c19-16(24)12-22-8-6-20-18(22)14-4-2-7-21(11-14)17(25)10-13-3-1-5-15(23)9-13/h1,3,5-6,8-9,14,23H,2,4,7,10-12H2,(H2,19,24)/t14-/m1/s1. The number of nitrogens with two attached hydrogens (primary N) is 1. The zero-order valence-electron chi connectivity index (χ0n) is 14.0. The second kappa shape index (κ2) is 7.38. The maximum absolute atomic E-state index is 12.6. The van der Waals surface area contributed by atoms with Gasteiger partial charge in [0.1, 0.15) is 18.1 Å². The Hall–Kier alpha value is -2.83. The number of imidazole rings is 1. The number of hydrogen-bond donors (Lipinski definition) is 2. The molecule has 0 bridgehead atoms. The van der Waals surface area contributed by atoms with Crippen molar-refractivity contribution in [2.45, 2.75) is 31.7 Å². The van der Waals surface area contributed by atoms with E-state index in [1.165, 1.54) is 0 Å². The number of carbonyl (C=O) groups excluding carboxylic acids is 2. The van der Waals surface area contributed by atoms with Crippen LogP contribution in [0.4, 0.5) is 0 Å². The highest BCUT2D eigenvalue weighted by molar-refractivity contribution is 5.79. The number of likely N-dealkylation sites (tertiary alicyclic amines) is 1. The molecular weight excluding hydrogens is 320 g/mol. The zero-order valence-corrected chi connectivity index (χ0v) is 14.0. The third-order valence-corrected chi connectivity index (χ3v) is 4.48. The summed E-state index contributed by atoms with van der Waals surface area (Å²) in [5.41, 5.74) is 6.08. The van der Waals surface area contributed by atoms with Gasteiger partial charge < -0.3 is 20.3 Å². The lowest BCUT2D eigenvalue weighted by atomic mass is 9.96. The number of primary amides is 1. The Labute approximate surface area is 146 Å². The number of piperidine rings is 1. The molecule has 2 heterocycles. The van der Waals surface area contributed by atoms with Crippen LogP contribution in [-0.4, -0.2) is 44.5 Å². The molecule has 1 fully saturated rings. The monoisotopic (exact) mass is 342 g/mol. The van der Waals surface area contributed by atoms with Gasteiger partial charge in [0.15, 0.2) is 0 Å². The van der Waals surface area contributed by atoms with E-state index in [0.717, 1.165) is 24.2 Å². The molecule has 0 spiro atoms. The molecule has 3 rings (SSSR count). The van der Waals surface area contributed by atoms with E-state index < -0.39 is 5.91 Å². The highest BCUT2D eigenvalue weighted by Gasteiger charge is 2.27. The molecule has 1 aromatic heterocycles. The number of amides is 2. The first kappa shape index (κ1) is 17.0. The van der Waals surface area contributed by atoms with E-state index in [1.807, 2.05) is 11.0 Å². The summed E-state index contributed by atoms with van der Waals surface area (Å²) in [7, 11) is 0. The van der Waals surface area contributed by atoms with Gasteiger partial charge in [0.25, 0.3) is 0 Å². The lowest BCUT2D eigenvalue weighted by Crippen LogP contribution is -2.40. The van der Waals surface area contributed by atoms with Gasteiger partial charge in [-0.05, 0) is 30.5 Å². The molecule has 0 saturated carbocycles. The zero-order chi connectivity index (χ0) is 17.8. The first-order valence-corrected chi connectivity index (χ1v) is 8.38. The summed E-state index contributed by atoms with van der Waals surface area (Å²) < 4.78 is 1.76. The summed E-state index contributed by atoms with van der Waals surface area (Å²) in [5.74, 6) is 0.676. The van der Waals surface area contributed by atoms with Crippen molar-refractivity contribution in [3.05, 3.63) is 48.0 Å². The molecule has 132 valence electrons. The Kier molecular flexibility index (Phi) is 5.02. The quantitative estimate of drug-likeness (QED) is 0.847. The molecule has 1 aromatic carbocycles. The molecule has 2 amide bonds. The van der Waals surface area contributed by atoms with Gasteiger partial charge in [-0.15, -0.1) is 0 Å². The number of benzene rings is 1. The Morgan fingerprint density at radius 1 is 1.36 bits per heavy atom. The van der Waals surface area contributed by atoms with Gasteiger partial charge in [0.05, 0.1) is 6.42 Å². The van der Waals surface area contributed by atoms with Gasteiger partial charge in [0.2, 0.25) is 11.8 Å². The SMILES string of the molecule is NC(=O)Cn1ccnc1[C@@H]1CCCN(C(=O)Cc2cccc(O)c2)C1. The lowest BCUT2D eigenvalue weighted by Gasteiger charge is -2.32. The van der Waals surface area contributed by atoms with Gasteiger partial charge >= 0.3 is 0 Å². The Morgan fingerprint density at radius 3 is 2.96 bits per heavy atom. The van der Waals surface area contributed by atoms with Gasteiger partial charge in [-0.25, -0.2) is 4.98 Å². The largest absolute Gasteiger partial charge is 0.508 e. The molecule has 0 aliphatic carbocycles. The summed E-state index contributed by atoms with van der Waals surface area (Å²) >= 11 is 0. The summed E-state index contributed by atoms with van der Waals surface area (Å²) in [4.78, 5) is 30.0. The van der Waals surface area contributed by atoms with Crippen LogP contribution in [0.5, 0.6) is 5.75 Å². The van der Waals surface area contributed by atoms with Crippen LogP contribution in [0.1, 0.15) is 30.1 Å². The van der Waals surface area contributed by atoms with E-state index in [4.69, 9.17) is 5.73 Å². The van der Waals surface area contributed by atoms with Crippen molar-refractivity contribution in [2.24, 2.45) is 5.73 Å². The van der Waals surface area contributed by atoms with Gasteiger partial charge in [-0.3, -0.25) is 9.59 Å². The fourth-order valence-electron chi connectivity index (χ4n) is 3.35. The first-order valence-electron chi connectivity index (χ1n) is 8.38. The number of nitrogens with zero attached hydrogens (tertiary/aromatic N) is 3. The number of phenols is 1. The molecule has 25 heavy (non-hydrogen) atoms. The average molecular weight is 342 g/mol.